The van der Waals surface area contributed by atoms with Gasteiger partial charge in [-0.15, -0.1) is 0 Å². The number of fused-ring (bicyclic) bond motifs is 1. The molecule has 0 fully saturated rings. The molecular formula is C12H17BrN2. The van der Waals surface area contributed by atoms with Crippen LogP contribution < -0.4 is 10.6 Å². The Labute approximate surface area is 99.6 Å². The van der Waals surface area contributed by atoms with E-state index in [-0.39, 0.29) is 0 Å². The van der Waals surface area contributed by atoms with Crippen LogP contribution in [0.4, 0.5) is 5.69 Å². The minimum Gasteiger partial charge on any atom is -0.385 e. The average Bonchev–Trinajstić information content (AvgIpc) is 2.17. The van der Waals surface area contributed by atoms with Crippen molar-refractivity contribution in [1.29, 1.82) is 0 Å². The van der Waals surface area contributed by atoms with Crippen LogP contribution in [0.2, 0.25) is 0 Å². The highest BCUT2D eigenvalue weighted by Gasteiger charge is 2.22. The number of nitrogens with one attached hydrogen (secondary N) is 2. The second kappa shape index (κ2) is 4.54. The molecule has 15 heavy (non-hydrogen) atoms. The van der Waals surface area contributed by atoms with Crippen molar-refractivity contribution in [3.63, 3.8) is 0 Å². The molecule has 0 saturated heterocycles. The van der Waals surface area contributed by atoms with Crippen molar-refractivity contribution in [3.05, 3.63) is 28.2 Å². The number of rotatable bonds is 2. The molecule has 3 heteroatoms. The summed E-state index contributed by atoms with van der Waals surface area (Å²) in [6, 6.07) is 7.33. The maximum Gasteiger partial charge on any atom is 0.0400 e. The molecule has 82 valence electrons. The van der Waals surface area contributed by atoms with Gasteiger partial charge in [-0.1, -0.05) is 35.8 Å². The number of hydrogen-bond acceptors (Lipinski definition) is 2. The minimum absolute atomic E-state index is 0.469. The molecule has 0 aliphatic carbocycles. The Balaban J connectivity index is 2.32. The van der Waals surface area contributed by atoms with Crippen molar-refractivity contribution in [1.82, 2.24) is 5.32 Å². The second-order valence-electron chi connectivity index (χ2n) is 4.29. The van der Waals surface area contributed by atoms with Gasteiger partial charge in [0.1, 0.15) is 0 Å². The van der Waals surface area contributed by atoms with Crippen molar-refractivity contribution < 1.29 is 0 Å². The third-order valence-electron chi connectivity index (χ3n) is 2.68. The Kier molecular flexibility index (Phi) is 3.32. The molecule has 1 unspecified atom stereocenters. The lowest BCUT2D eigenvalue weighted by molar-refractivity contribution is 0.452. The molecule has 0 bridgehead atoms. The van der Waals surface area contributed by atoms with Gasteiger partial charge in [-0.3, -0.25) is 0 Å². The fraction of sp³-hybridized carbons (Fsp3) is 0.500. The predicted octanol–water partition coefficient (Wildman–Crippen LogP) is 3.30. The molecule has 1 aromatic rings. The summed E-state index contributed by atoms with van der Waals surface area (Å²) >= 11 is 3.63. The highest BCUT2D eigenvalue weighted by molar-refractivity contribution is 9.10. The largest absolute Gasteiger partial charge is 0.385 e. The molecule has 1 aliphatic rings. The Morgan fingerprint density at radius 1 is 1.47 bits per heavy atom. The fourth-order valence-electron chi connectivity index (χ4n) is 2.11. The standard InChI is InChI=1S/C12H17BrN2/c1-8(2)15-11-6-7-14-10-5-3-4-9(13)12(10)11/h3-5,8,11,14-15H,6-7H2,1-2H3. The van der Waals surface area contributed by atoms with E-state index in [0.717, 1.165) is 13.0 Å². The summed E-state index contributed by atoms with van der Waals surface area (Å²) in [6.07, 6.45) is 1.15. The van der Waals surface area contributed by atoms with Gasteiger partial charge in [0.05, 0.1) is 0 Å². The highest BCUT2D eigenvalue weighted by Crippen LogP contribution is 2.35. The van der Waals surface area contributed by atoms with Gasteiger partial charge in [-0.05, 0) is 18.6 Å². The molecule has 0 spiro atoms. The Morgan fingerprint density at radius 2 is 2.27 bits per heavy atom. The van der Waals surface area contributed by atoms with Crippen LogP contribution in [0.1, 0.15) is 31.9 Å². The number of anilines is 1. The van der Waals surface area contributed by atoms with Crippen molar-refractivity contribution >= 4 is 21.6 Å². The maximum absolute atomic E-state index is 3.63. The van der Waals surface area contributed by atoms with Gasteiger partial charge in [0, 0.05) is 34.4 Å². The molecule has 0 aromatic heterocycles. The summed E-state index contributed by atoms with van der Waals surface area (Å²) in [7, 11) is 0. The molecule has 0 amide bonds. The van der Waals surface area contributed by atoms with Gasteiger partial charge in [0.25, 0.3) is 0 Å². The summed E-state index contributed by atoms with van der Waals surface area (Å²) in [4.78, 5) is 0. The highest BCUT2D eigenvalue weighted by atomic mass is 79.9. The van der Waals surface area contributed by atoms with E-state index >= 15 is 0 Å². The summed E-state index contributed by atoms with van der Waals surface area (Å²) in [5.41, 5.74) is 2.63. The van der Waals surface area contributed by atoms with E-state index in [1.807, 2.05) is 0 Å². The molecular weight excluding hydrogens is 252 g/mol. The summed E-state index contributed by atoms with van der Waals surface area (Å²) in [5.74, 6) is 0. The first-order valence-electron chi connectivity index (χ1n) is 5.47. The molecule has 2 nitrogen and oxygen atoms in total. The molecule has 1 heterocycles. The maximum atomic E-state index is 3.63. The van der Waals surface area contributed by atoms with Gasteiger partial charge >= 0.3 is 0 Å². The Bertz CT molecular complexity index is 349. The first-order valence-corrected chi connectivity index (χ1v) is 6.26. The molecule has 0 radical (unpaired) electrons. The lowest BCUT2D eigenvalue weighted by Crippen LogP contribution is -2.33. The van der Waals surface area contributed by atoms with E-state index in [1.54, 1.807) is 0 Å². The van der Waals surface area contributed by atoms with Crippen molar-refractivity contribution in [2.24, 2.45) is 0 Å². The van der Waals surface area contributed by atoms with Crippen LogP contribution in [-0.4, -0.2) is 12.6 Å². The smallest absolute Gasteiger partial charge is 0.0400 e. The zero-order valence-electron chi connectivity index (χ0n) is 9.18. The van der Waals surface area contributed by atoms with Crippen LogP contribution in [0.15, 0.2) is 22.7 Å². The lowest BCUT2D eigenvalue weighted by Gasteiger charge is -2.30. The van der Waals surface area contributed by atoms with E-state index < -0.39 is 0 Å². The van der Waals surface area contributed by atoms with Crippen LogP contribution in [0.5, 0.6) is 0 Å². The zero-order valence-corrected chi connectivity index (χ0v) is 10.8. The fourth-order valence-corrected chi connectivity index (χ4v) is 2.75. The second-order valence-corrected chi connectivity index (χ2v) is 5.14. The SMILES string of the molecule is CC(C)NC1CCNc2cccc(Br)c21. The van der Waals surface area contributed by atoms with Gasteiger partial charge in [-0.2, -0.15) is 0 Å². The average molecular weight is 269 g/mol. The van der Waals surface area contributed by atoms with Gasteiger partial charge in [0.15, 0.2) is 0 Å². The zero-order chi connectivity index (χ0) is 10.8. The van der Waals surface area contributed by atoms with Crippen molar-refractivity contribution in [2.45, 2.75) is 32.4 Å². The van der Waals surface area contributed by atoms with E-state index in [9.17, 15) is 0 Å². The molecule has 1 aromatic carbocycles. The van der Waals surface area contributed by atoms with Gasteiger partial charge < -0.3 is 10.6 Å². The van der Waals surface area contributed by atoms with Crippen LogP contribution in [0, 0.1) is 0 Å². The topological polar surface area (TPSA) is 24.1 Å². The molecule has 2 rings (SSSR count). The quantitative estimate of drug-likeness (QED) is 0.860. The number of halogens is 1. The Morgan fingerprint density at radius 3 is 3.00 bits per heavy atom. The van der Waals surface area contributed by atoms with E-state index in [0.29, 0.717) is 12.1 Å². The van der Waals surface area contributed by atoms with Crippen LogP contribution in [0.25, 0.3) is 0 Å². The number of benzene rings is 1. The first kappa shape index (κ1) is 11.0. The van der Waals surface area contributed by atoms with E-state index in [1.165, 1.54) is 15.7 Å². The lowest BCUT2D eigenvalue weighted by atomic mass is 9.97. The summed E-state index contributed by atoms with van der Waals surface area (Å²) < 4.78 is 1.20. The first-order chi connectivity index (χ1) is 7.18. The predicted molar refractivity (Wildman–Crippen MR) is 68.3 cm³/mol. The number of hydrogen-bond donors (Lipinski definition) is 2. The molecule has 0 saturated carbocycles. The third-order valence-corrected chi connectivity index (χ3v) is 3.38. The van der Waals surface area contributed by atoms with E-state index in [2.05, 4.69) is 58.6 Å². The summed E-state index contributed by atoms with van der Waals surface area (Å²) in [6.45, 7) is 5.44. The normalized spacial score (nSPS) is 19.9. The molecule has 2 N–H and O–H groups in total. The molecule has 1 aliphatic heterocycles. The minimum atomic E-state index is 0.469. The Hall–Kier alpha value is -0.540. The van der Waals surface area contributed by atoms with Crippen molar-refractivity contribution in [2.75, 3.05) is 11.9 Å². The monoisotopic (exact) mass is 268 g/mol. The van der Waals surface area contributed by atoms with Crippen LogP contribution >= 0.6 is 15.9 Å². The van der Waals surface area contributed by atoms with E-state index in [4.69, 9.17) is 0 Å². The van der Waals surface area contributed by atoms with Crippen LogP contribution in [-0.2, 0) is 0 Å². The van der Waals surface area contributed by atoms with Gasteiger partial charge in [-0.25, -0.2) is 0 Å². The third kappa shape index (κ3) is 2.34. The van der Waals surface area contributed by atoms with Gasteiger partial charge in [0.2, 0.25) is 0 Å². The summed E-state index contributed by atoms with van der Waals surface area (Å²) in [5, 5.41) is 7.05. The van der Waals surface area contributed by atoms with Crippen LogP contribution in [0.3, 0.4) is 0 Å². The van der Waals surface area contributed by atoms with Crippen molar-refractivity contribution in [3.8, 4) is 0 Å². The molecule has 1 atom stereocenters.